The third-order valence-electron chi connectivity index (χ3n) is 4.23. The lowest BCUT2D eigenvalue weighted by molar-refractivity contribution is -0.142. The summed E-state index contributed by atoms with van der Waals surface area (Å²) in [5, 5.41) is 15.3. The summed E-state index contributed by atoms with van der Waals surface area (Å²) < 4.78 is 10.7. The molecule has 0 aromatic heterocycles. The van der Waals surface area contributed by atoms with E-state index in [9.17, 15) is 14.7 Å². The number of rotatable bonds is 6. The number of carboxylic acid groups (broad SMARTS) is 1. The Morgan fingerprint density at radius 2 is 1.74 bits per heavy atom. The molecule has 7 nitrogen and oxygen atoms in total. The van der Waals surface area contributed by atoms with Gasteiger partial charge in [-0.05, 0) is 50.2 Å². The highest BCUT2D eigenvalue weighted by Crippen LogP contribution is 2.35. The third kappa shape index (κ3) is 3.76. The van der Waals surface area contributed by atoms with E-state index in [1.165, 1.54) is 11.9 Å². The number of carbonyl (C=O) groups is 2. The zero-order chi connectivity index (χ0) is 19.4. The summed E-state index contributed by atoms with van der Waals surface area (Å²) in [6.07, 6.45) is -0.0383. The SMILES string of the molecule is CCOC(=O)C1=NN(c2ccc(Oc3ccccc3)cc2)[C@](C)(C(=O)O)C1. The van der Waals surface area contributed by atoms with Gasteiger partial charge in [0.2, 0.25) is 0 Å². The Hall–Kier alpha value is -3.35. The molecule has 1 aliphatic rings. The normalized spacial score (nSPS) is 18.7. The molecule has 1 heterocycles. The molecule has 1 atom stereocenters. The van der Waals surface area contributed by atoms with Crippen molar-refractivity contribution in [2.24, 2.45) is 5.10 Å². The van der Waals surface area contributed by atoms with Crippen molar-refractivity contribution in [3.8, 4) is 11.5 Å². The number of esters is 1. The quantitative estimate of drug-likeness (QED) is 0.786. The van der Waals surface area contributed by atoms with E-state index in [0.717, 1.165) is 0 Å². The maximum absolute atomic E-state index is 12.0. The zero-order valence-electron chi connectivity index (χ0n) is 15.1. The van der Waals surface area contributed by atoms with Crippen LogP contribution in [0.4, 0.5) is 5.69 Å². The van der Waals surface area contributed by atoms with Gasteiger partial charge in [-0.25, -0.2) is 14.6 Å². The lowest BCUT2D eigenvalue weighted by atomic mass is 9.95. The molecular weight excluding hydrogens is 348 g/mol. The Kier molecular flexibility index (Phi) is 5.12. The lowest BCUT2D eigenvalue weighted by Crippen LogP contribution is -2.47. The maximum atomic E-state index is 12.0. The average molecular weight is 368 g/mol. The van der Waals surface area contributed by atoms with Crippen LogP contribution in [-0.2, 0) is 14.3 Å². The number of hydrogen-bond donors (Lipinski definition) is 1. The average Bonchev–Trinajstić information content (AvgIpc) is 3.03. The van der Waals surface area contributed by atoms with E-state index in [1.807, 2.05) is 30.3 Å². The van der Waals surface area contributed by atoms with Crippen molar-refractivity contribution in [1.29, 1.82) is 0 Å². The van der Waals surface area contributed by atoms with Gasteiger partial charge >= 0.3 is 11.9 Å². The largest absolute Gasteiger partial charge is 0.479 e. The van der Waals surface area contributed by atoms with Gasteiger partial charge < -0.3 is 14.6 Å². The van der Waals surface area contributed by atoms with Crippen molar-refractivity contribution in [2.75, 3.05) is 11.6 Å². The maximum Gasteiger partial charge on any atom is 0.354 e. The van der Waals surface area contributed by atoms with Crippen LogP contribution in [0.5, 0.6) is 11.5 Å². The van der Waals surface area contributed by atoms with Crippen LogP contribution in [0, 0.1) is 0 Å². The molecule has 0 saturated heterocycles. The highest BCUT2D eigenvalue weighted by atomic mass is 16.5. The van der Waals surface area contributed by atoms with Gasteiger partial charge in [-0.1, -0.05) is 18.2 Å². The van der Waals surface area contributed by atoms with Gasteiger partial charge in [0, 0.05) is 6.42 Å². The standard InChI is InChI=1S/C20H20N2O5/c1-3-26-18(23)17-13-20(2,19(24)25)22(21-17)14-9-11-16(12-10-14)27-15-7-5-4-6-8-15/h4-12H,3,13H2,1-2H3,(H,24,25)/t20-/m0/s1. The number of carboxylic acids is 1. The number of hydrogen-bond acceptors (Lipinski definition) is 6. The number of carbonyl (C=O) groups excluding carboxylic acids is 1. The van der Waals surface area contributed by atoms with Crippen molar-refractivity contribution in [3.05, 3.63) is 54.6 Å². The number of aliphatic carboxylic acids is 1. The molecular formula is C20H20N2O5. The number of para-hydroxylation sites is 1. The van der Waals surface area contributed by atoms with Crippen LogP contribution < -0.4 is 9.75 Å². The van der Waals surface area contributed by atoms with Gasteiger partial charge in [0.15, 0.2) is 5.54 Å². The van der Waals surface area contributed by atoms with E-state index >= 15 is 0 Å². The van der Waals surface area contributed by atoms with E-state index in [2.05, 4.69) is 5.10 Å². The second-order valence-corrected chi connectivity index (χ2v) is 6.24. The fourth-order valence-electron chi connectivity index (χ4n) is 2.78. The van der Waals surface area contributed by atoms with Gasteiger partial charge in [0.1, 0.15) is 17.2 Å². The Morgan fingerprint density at radius 1 is 1.11 bits per heavy atom. The molecule has 0 radical (unpaired) electrons. The van der Waals surface area contributed by atoms with Crippen LogP contribution in [0.15, 0.2) is 59.7 Å². The van der Waals surface area contributed by atoms with Crippen LogP contribution in [0.25, 0.3) is 0 Å². The number of nitrogens with zero attached hydrogens (tertiary/aromatic N) is 2. The number of ether oxygens (including phenoxy) is 2. The lowest BCUT2D eigenvalue weighted by Gasteiger charge is -2.30. The highest BCUT2D eigenvalue weighted by Gasteiger charge is 2.48. The molecule has 1 aliphatic heterocycles. The predicted octanol–water partition coefficient (Wildman–Crippen LogP) is 3.45. The minimum absolute atomic E-state index is 0.0383. The van der Waals surface area contributed by atoms with E-state index in [4.69, 9.17) is 9.47 Å². The number of anilines is 1. The van der Waals surface area contributed by atoms with Crippen LogP contribution in [0.2, 0.25) is 0 Å². The van der Waals surface area contributed by atoms with Crippen molar-refractivity contribution < 1.29 is 24.2 Å². The summed E-state index contributed by atoms with van der Waals surface area (Å²) in [4.78, 5) is 23.8. The molecule has 0 spiro atoms. The second kappa shape index (κ2) is 7.49. The van der Waals surface area contributed by atoms with Crippen molar-refractivity contribution in [1.82, 2.24) is 0 Å². The fourth-order valence-corrected chi connectivity index (χ4v) is 2.78. The first-order valence-electron chi connectivity index (χ1n) is 8.55. The first-order chi connectivity index (χ1) is 12.9. The molecule has 140 valence electrons. The van der Waals surface area contributed by atoms with E-state index in [-0.39, 0.29) is 18.7 Å². The molecule has 1 N–H and O–H groups in total. The summed E-state index contributed by atoms with van der Waals surface area (Å²) in [5.41, 5.74) is -0.741. The van der Waals surface area contributed by atoms with Gasteiger partial charge in [0.25, 0.3) is 0 Å². The van der Waals surface area contributed by atoms with E-state index in [0.29, 0.717) is 17.2 Å². The zero-order valence-corrected chi connectivity index (χ0v) is 15.1. The monoisotopic (exact) mass is 368 g/mol. The molecule has 2 aromatic rings. The molecule has 3 rings (SSSR count). The van der Waals surface area contributed by atoms with Crippen LogP contribution in [0.3, 0.4) is 0 Å². The number of benzene rings is 2. The Morgan fingerprint density at radius 3 is 2.33 bits per heavy atom. The highest BCUT2D eigenvalue weighted by molar-refractivity contribution is 6.38. The molecule has 7 heteroatoms. The summed E-state index contributed by atoms with van der Waals surface area (Å²) in [6.45, 7) is 3.42. The van der Waals surface area contributed by atoms with Gasteiger partial charge in [-0.3, -0.25) is 0 Å². The van der Waals surface area contributed by atoms with E-state index in [1.54, 1.807) is 31.2 Å². The Bertz CT molecular complexity index is 864. The van der Waals surface area contributed by atoms with Gasteiger partial charge in [-0.2, -0.15) is 5.10 Å². The number of hydrazone groups is 1. The first-order valence-corrected chi connectivity index (χ1v) is 8.55. The molecule has 0 bridgehead atoms. The minimum Gasteiger partial charge on any atom is -0.479 e. The Balaban J connectivity index is 1.85. The molecule has 0 aliphatic carbocycles. The van der Waals surface area contributed by atoms with E-state index < -0.39 is 17.5 Å². The molecule has 0 fully saturated rings. The van der Waals surface area contributed by atoms with Gasteiger partial charge in [0.05, 0.1) is 12.3 Å². The smallest absolute Gasteiger partial charge is 0.354 e. The second-order valence-electron chi connectivity index (χ2n) is 6.24. The van der Waals surface area contributed by atoms with Crippen LogP contribution in [-0.4, -0.2) is 34.9 Å². The van der Waals surface area contributed by atoms with Gasteiger partial charge in [-0.15, -0.1) is 0 Å². The van der Waals surface area contributed by atoms with Crippen molar-refractivity contribution >= 4 is 23.3 Å². The molecule has 0 saturated carbocycles. The fraction of sp³-hybridized carbons (Fsp3) is 0.250. The van der Waals surface area contributed by atoms with Crippen molar-refractivity contribution in [3.63, 3.8) is 0 Å². The van der Waals surface area contributed by atoms with Crippen LogP contribution in [0.1, 0.15) is 20.3 Å². The topological polar surface area (TPSA) is 88.4 Å². The predicted molar refractivity (Wildman–Crippen MR) is 100 cm³/mol. The molecule has 0 unspecified atom stereocenters. The van der Waals surface area contributed by atoms with Crippen molar-refractivity contribution in [2.45, 2.75) is 25.8 Å². The molecule has 2 aromatic carbocycles. The van der Waals surface area contributed by atoms with Crippen LogP contribution >= 0.6 is 0 Å². The summed E-state index contributed by atoms with van der Waals surface area (Å²) in [6, 6.07) is 16.2. The first kappa shape index (κ1) is 18.4. The third-order valence-corrected chi connectivity index (χ3v) is 4.23. The Labute approximate surface area is 156 Å². The molecule has 27 heavy (non-hydrogen) atoms. The minimum atomic E-state index is -1.37. The summed E-state index contributed by atoms with van der Waals surface area (Å²) in [7, 11) is 0. The summed E-state index contributed by atoms with van der Waals surface area (Å²) in [5.74, 6) is -0.369. The molecule has 0 amide bonds. The summed E-state index contributed by atoms with van der Waals surface area (Å²) >= 11 is 0.